The SMILES string of the molecule is CCCCC[SiH]1CCC(C2CCC(c3ccc(Cl)cc3)CC2)CC1. The van der Waals surface area contributed by atoms with Gasteiger partial charge in [-0.2, -0.15) is 0 Å². The molecule has 0 atom stereocenters. The third-order valence-corrected chi connectivity index (χ3v) is 10.7. The fraction of sp³-hybridized carbons (Fsp3) is 0.727. The molecule has 0 radical (unpaired) electrons. The van der Waals surface area contributed by atoms with Crippen molar-refractivity contribution in [3.8, 4) is 0 Å². The summed E-state index contributed by atoms with van der Waals surface area (Å²) in [6, 6.07) is 13.6. The lowest BCUT2D eigenvalue weighted by atomic mass is 9.72. The zero-order valence-electron chi connectivity index (χ0n) is 15.5. The normalized spacial score (nSPS) is 31.1. The highest BCUT2D eigenvalue weighted by Gasteiger charge is 2.31. The zero-order valence-corrected chi connectivity index (χ0v) is 17.4. The second-order valence-corrected chi connectivity index (χ2v) is 12.3. The molecule has 1 aliphatic heterocycles. The molecule has 1 heterocycles. The topological polar surface area (TPSA) is 0 Å². The number of rotatable bonds is 6. The van der Waals surface area contributed by atoms with Gasteiger partial charge in [-0.25, -0.2) is 0 Å². The Balaban J connectivity index is 1.40. The summed E-state index contributed by atoms with van der Waals surface area (Å²) in [6.07, 6.45) is 13.3. The van der Waals surface area contributed by atoms with E-state index in [1.807, 2.05) is 0 Å². The van der Waals surface area contributed by atoms with Crippen molar-refractivity contribution in [1.29, 1.82) is 0 Å². The highest BCUT2D eigenvalue weighted by Crippen LogP contribution is 2.43. The van der Waals surface area contributed by atoms with E-state index in [0.29, 0.717) is 0 Å². The van der Waals surface area contributed by atoms with Gasteiger partial charge in [-0.3, -0.25) is 0 Å². The molecule has 1 saturated heterocycles. The van der Waals surface area contributed by atoms with Crippen LogP contribution in [0.4, 0.5) is 0 Å². The van der Waals surface area contributed by atoms with Gasteiger partial charge in [-0.05, 0) is 61.1 Å². The largest absolute Gasteiger partial charge is 0.0843 e. The second kappa shape index (κ2) is 9.43. The summed E-state index contributed by atoms with van der Waals surface area (Å²) in [5.74, 6) is 2.91. The van der Waals surface area contributed by atoms with Crippen LogP contribution in [0, 0.1) is 11.8 Å². The molecule has 1 aromatic carbocycles. The Morgan fingerprint density at radius 1 is 0.875 bits per heavy atom. The van der Waals surface area contributed by atoms with Crippen LogP contribution in [0.15, 0.2) is 24.3 Å². The summed E-state index contributed by atoms with van der Waals surface area (Å²) < 4.78 is 0. The van der Waals surface area contributed by atoms with E-state index in [2.05, 4.69) is 31.2 Å². The average Bonchev–Trinajstić information content (AvgIpc) is 2.63. The van der Waals surface area contributed by atoms with Gasteiger partial charge in [-0.1, -0.05) is 80.9 Å². The minimum Gasteiger partial charge on any atom is -0.0843 e. The maximum atomic E-state index is 6.03. The summed E-state index contributed by atoms with van der Waals surface area (Å²) in [6.45, 7) is 2.33. The Morgan fingerprint density at radius 3 is 2.12 bits per heavy atom. The van der Waals surface area contributed by atoms with E-state index in [1.54, 1.807) is 31.0 Å². The van der Waals surface area contributed by atoms with Gasteiger partial charge >= 0.3 is 0 Å². The number of unbranched alkanes of at least 4 members (excludes halogenated alkanes) is 2. The zero-order chi connectivity index (χ0) is 16.8. The van der Waals surface area contributed by atoms with Gasteiger partial charge in [0.05, 0.1) is 0 Å². The van der Waals surface area contributed by atoms with Gasteiger partial charge in [0, 0.05) is 13.8 Å². The minimum absolute atomic E-state index is 0.329. The Labute approximate surface area is 156 Å². The number of halogens is 1. The molecule has 0 N–H and O–H groups in total. The van der Waals surface area contributed by atoms with Crippen LogP contribution in [0.2, 0.25) is 23.2 Å². The van der Waals surface area contributed by atoms with Crippen molar-refractivity contribution < 1.29 is 0 Å². The molecule has 0 nitrogen and oxygen atoms in total. The predicted molar refractivity (Wildman–Crippen MR) is 110 cm³/mol. The molecule has 1 saturated carbocycles. The lowest BCUT2D eigenvalue weighted by molar-refractivity contribution is 0.216. The number of benzene rings is 1. The Bertz CT molecular complexity index is 467. The number of hydrogen-bond acceptors (Lipinski definition) is 0. The molecule has 0 aromatic heterocycles. The van der Waals surface area contributed by atoms with Crippen LogP contribution in [0.1, 0.15) is 76.2 Å². The molecular weight excluding hydrogens is 328 g/mol. The third-order valence-electron chi connectivity index (χ3n) is 6.89. The fourth-order valence-corrected chi connectivity index (χ4v) is 8.95. The van der Waals surface area contributed by atoms with Crippen molar-refractivity contribution in [1.82, 2.24) is 0 Å². The monoisotopic (exact) mass is 362 g/mol. The quantitative estimate of drug-likeness (QED) is 0.364. The minimum atomic E-state index is -0.329. The van der Waals surface area contributed by atoms with E-state index in [-0.39, 0.29) is 8.80 Å². The smallest absolute Gasteiger partial charge is 0.0406 e. The molecule has 1 aromatic rings. The highest BCUT2D eigenvalue weighted by atomic mass is 35.5. The van der Waals surface area contributed by atoms with Crippen LogP contribution in [0.25, 0.3) is 0 Å². The molecule has 2 heteroatoms. The second-order valence-electron chi connectivity index (χ2n) is 8.44. The van der Waals surface area contributed by atoms with Crippen molar-refractivity contribution >= 4 is 20.4 Å². The Morgan fingerprint density at radius 2 is 1.50 bits per heavy atom. The van der Waals surface area contributed by atoms with Gasteiger partial charge in [0.15, 0.2) is 0 Å². The van der Waals surface area contributed by atoms with Crippen molar-refractivity contribution in [3.63, 3.8) is 0 Å². The highest BCUT2D eigenvalue weighted by molar-refractivity contribution is 6.58. The van der Waals surface area contributed by atoms with Crippen molar-refractivity contribution in [3.05, 3.63) is 34.9 Å². The van der Waals surface area contributed by atoms with E-state index in [4.69, 9.17) is 11.6 Å². The summed E-state index contributed by atoms with van der Waals surface area (Å²) in [5.41, 5.74) is 1.52. The lowest BCUT2D eigenvalue weighted by Crippen LogP contribution is -2.28. The molecule has 1 aliphatic carbocycles. The first-order valence-electron chi connectivity index (χ1n) is 10.5. The van der Waals surface area contributed by atoms with E-state index < -0.39 is 0 Å². The molecule has 0 spiro atoms. The molecule has 24 heavy (non-hydrogen) atoms. The average molecular weight is 363 g/mol. The van der Waals surface area contributed by atoms with Gasteiger partial charge in [0.2, 0.25) is 0 Å². The summed E-state index contributed by atoms with van der Waals surface area (Å²) >= 11 is 6.03. The van der Waals surface area contributed by atoms with Gasteiger partial charge in [-0.15, -0.1) is 0 Å². The van der Waals surface area contributed by atoms with Crippen molar-refractivity contribution in [2.75, 3.05) is 0 Å². The van der Waals surface area contributed by atoms with Crippen LogP contribution >= 0.6 is 11.6 Å². The molecule has 0 unspecified atom stereocenters. The summed E-state index contributed by atoms with van der Waals surface area (Å²) in [5, 5.41) is 0.868. The third kappa shape index (κ3) is 5.11. The van der Waals surface area contributed by atoms with Crippen LogP contribution in [-0.4, -0.2) is 8.80 Å². The molecule has 0 bridgehead atoms. The van der Waals surface area contributed by atoms with E-state index >= 15 is 0 Å². The maximum absolute atomic E-state index is 6.03. The van der Waals surface area contributed by atoms with E-state index in [1.165, 1.54) is 50.5 Å². The van der Waals surface area contributed by atoms with Crippen LogP contribution in [0.5, 0.6) is 0 Å². The first kappa shape index (κ1) is 18.5. The summed E-state index contributed by atoms with van der Waals surface area (Å²) in [7, 11) is -0.329. The predicted octanol–water partition coefficient (Wildman–Crippen LogP) is 7.44. The first-order valence-corrected chi connectivity index (χ1v) is 13.3. The Hall–Kier alpha value is -0.273. The number of hydrogen-bond donors (Lipinski definition) is 0. The standard InChI is InChI=1S/C22H35ClSi/c1-2-3-4-15-24-16-13-21(14-17-24)19-7-5-18(6-8-19)20-9-11-22(23)12-10-20/h9-12,18-19,21,24H,2-8,13-17H2,1H3. The van der Waals surface area contributed by atoms with Crippen LogP contribution in [0.3, 0.4) is 0 Å². The van der Waals surface area contributed by atoms with Gasteiger partial charge in [0.25, 0.3) is 0 Å². The molecule has 134 valence electrons. The van der Waals surface area contributed by atoms with Gasteiger partial charge in [0.1, 0.15) is 0 Å². The molecule has 2 aliphatic rings. The molecule has 2 fully saturated rings. The fourth-order valence-electron chi connectivity index (χ4n) is 5.29. The van der Waals surface area contributed by atoms with Gasteiger partial charge < -0.3 is 0 Å². The summed E-state index contributed by atoms with van der Waals surface area (Å²) in [4.78, 5) is 0. The Kier molecular flexibility index (Phi) is 7.28. The van der Waals surface area contributed by atoms with E-state index in [9.17, 15) is 0 Å². The first-order chi connectivity index (χ1) is 11.8. The van der Waals surface area contributed by atoms with E-state index in [0.717, 1.165) is 22.8 Å². The van der Waals surface area contributed by atoms with Crippen molar-refractivity contribution in [2.24, 2.45) is 11.8 Å². The molecule has 3 rings (SSSR count). The van der Waals surface area contributed by atoms with Crippen LogP contribution < -0.4 is 0 Å². The molecule has 0 amide bonds. The molecular formula is C22H35ClSi. The lowest BCUT2D eigenvalue weighted by Gasteiger charge is -2.37. The van der Waals surface area contributed by atoms with Crippen molar-refractivity contribution in [2.45, 2.75) is 88.8 Å². The maximum Gasteiger partial charge on any atom is 0.0406 e. The van der Waals surface area contributed by atoms with Crippen LogP contribution in [-0.2, 0) is 0 Å².